The number of nitrogens with one attached hydrogen (secondary N) is 1. The Kier molecular flexibility index (Phi) is 5.54. The van der Waals surface area contributed by atoms with Crippen molar-refractivity contribution >= 4 is 12.0 Å². The van der Waals surface area contributed by atoms with Gasteiger partial charge in [0.25, 0.3) is 0 Å². The zero-order valence-electron chi connectivity index (χ0n) is 17.0. The molecule has 3 aliphatic heterocycles. The Balaban J connectivity index is 1.65. The summed E-state index contributed by atoms with van der Waals surface area (Å²) in [6, 6.07) is 3.72. The lowest BCUT2D eigenvalue weighted by atomic mass is 9.82. The average Bonchev–Trinajstić information content (AvgIpc) is 2.72. The number of ether oxygens (including phenoxy) is 2. The molecule has 0 spiro atoms. The normalized spacial score (nSPS) is 27.0. The first-order chi connectivity index (χ1) is 14.0. The average molecular weight is 403 g/mol. The van der Waals surface area contributed by atoms with Crippen LogP contribution >= 0.6 is 0 Å². The molecule has 3 unspecified atom stereocenters. The number of piperidine rings is 2. The van der Waals surface area contributed by atoms with E-state index in [0.29, 0.717) is 37.4 Å². The van der Waals surface area contributed by atoms with Gasteiger partial charge in [-0.15, -0.1) is 0 Å². The summed E-state index contributed by atoms with van der Waals surface area (Å²) in [6.07, 6.45) is 2.93. The van der Waals surface area contributed by atoms with Gasteiger partial charge in [0.15, 0.2) is 11.5 Å². The van der Waals surface area contributed by atoms with Crippen molar-refractivity contribution in [2.24, 2.45) is 0 Å². The van der Waals surface area contributed by atoms with E-state index in [4.69, 9.17) is 9.47 Å². The molecule has 3 aliphatic rings. The standard InChI is InChI=1S/C21H29N3O5/c1-28-18-9-13-6-8-23-12-17(24-7-4-3-5-20(24)25)15(22-21(26)27)11-16(23)14(13)10-19(18)29-2/h9-10,15-17,22H,3-8,11-12H2,1-2H3,(H,26,27). The van der Waals surface area contributed by atoms with Crippen molar-refractivity contribution in [1.82, 2.24) is 15.1 Å². The van der Waals surface area contributed by atoms with E-state index >= 15 is 0 Å². The van der Waals surface area contributed by atoms with Crippen LogP contribution in [0.1, 0.15) is 42.9 Å². The van der Waals surface area contributed by atoms with Crippen molar-refractivity contribution in [3.05, 3.63) is 23.3 Å². The number of fused-ring (bicyclic) bond motifs is 3. The maximum Gasteiger partial charge on any atom is 0.404 e. The van der Waals surface area contributed by atoms with E-state index in [0.717, 1.165) is 31.4 Å². The number of nitrogens with zero attached hydrogens (tertiary/aromatic N) is 2. The van der Waals surface area contributed by atoms with Crippen LogP contribution in [0.25, 0.3) is 0 Å². The highest BCUT2D eigenvalue weighted by Gasteiger charge is 2.43. The molecule has 0 saturated carbocycles. The van der Waals surface area contributed by atoms with Crippen LogP contribution in [-0.2, 0) is 11.2 Å². The molecule has 1 aromatic rings. The molecule has 158 valence electrons. The third kappa shape index (κ3) is 3.73. The van der Waals surface area contributed by atoms with Crippen LogP contribution in [0.4, 0.5) is 4.79 Å². The van der Waals surface area contributed by atoms with Crippen molar-refractivity contribution < 1.29 is 24.2 Å². The van der Waals surface area contributed by atoms with Gasteiger partial charge in [0, 0.05) is 32.1 Å². The fourth-order valence-corrected chi connectivity index (χ4v) is 5.15. The van der Waals surface area contributed by atoms with Gasteiger partial charge in [-0.2, -0.15) is 0 Å². The van der Waals surface area contributed by atoms with Gasteiger partial charge in [-0.1, -0.05) is 0 Å². The van der Waals surface area contributed by atoms with Crippen LogP contribution in [0, 0.1) is 0 Å². The molecular weight excluding hydrogens is 374 g/mol. The summed E-state index contributed by atoms with van der Waals surface area (Å²) in [5, 5.41) is 12.1. The van der Waals surface area contributed by atoms with Crippen LogP contribution in [0.5, 0.6) is 11.5 Å². The Labute approximate surface area is 170 Å². The quantitative estimate of drug-likeness (QED) is 0.799. The number of amides is 2. The lowest BCUT2D eigenvalue weighted by molar-refractivity contribution is -0.138. The maximum atomic E-state index is 12.5. The maximum absolute atomic E-state index is 12.5. The summed E-state index contributed by atoms with van der Waals surface area (Å²) in [5.41, 5.74) is 2.37. The number of carbonyl (C=O) groups is 2. The molecule has 0 bridgehead atoms. The van der Waals surface area contributed by atoms with E-state index < -0.39 is 6.09 Å². The van der Waals surface area contributed by atoms with Gasteiger partial charge in [-0.05, 0) is 48.9 Å². The Hall–Kier alpha value is -2.48. The van der Waals surface area contributed by atoms with Crippen molar-refractivity contribution in [1.29, 1.82) is 0 Å². The molecule has 3 heterocycles. The van der Waals surface area contributed by atoms with Gasteiger partial charge >= 0.3 is 6.09 Å². The predicted octanol–water partition coefficient (Wildman–Crippen LogP) is 2.02. The minimum Gasteiger partial charge on any atom is -0.493 e. The summed E-state index contributed by atoms with van der Waals surface area (Å²) < 4.78 is 10.9. The largest absolute Gasteiger partial charge is 0.493 e. The molecule has 2 saturated heterocycles. The molecule has 8 nitrogen and oxygen atoms in total. The lowest BCUT2D eigenvalue weighted by Gasteiger charge is -2.50. The summed E-state index contributed by atoms with van der Waals surface area (Å²) in [6.45, 7) is 2.27. The minimum absolute atomic E-state index is 0.0894. The molecule has 4 rings (SSSR count). The molecule has 8 heteroatoms. The summed E-state index contributed by atoms with van der Waals surface area (Å²) in [7, 11) is 3.26. The fraction of sp³-hybridized carbons (Fsp3) is 0.619. The van der Waals surface area contributed by atoms with E-state index in [2.05, 4.69) is 10.2 Å². The Bertz CT molecular complexity index is 799. The molecule has 0 aliphatic carbocycles. The van der Waals surface area contributed by atoms with Crippen molar-refractivity contribution in [2.75, 3.05) is 33.9 Å². The van der Waals surface area contributed by atoms with E-state index in [1.807, 2.05) is 17.0 Å². The van der Waals surface area contributed by atoms with Crippen LogP contribution < -0.4 is 14.8 Å². The number of likely N-dealkylation sites (tertiary alicyclic amines) is 1. The van der Waals surface area contributed by atoms with E-state index in [-0.39, 0.29) is 24.0 Å². The minimum atomic E-state index is -1.04. The first kappa shape index (κ1) is 19.8. The number of methoxy groups -OCH3 is 2. The van der Waals surface area contributed by atoms with Gasteiger partial charge in [-0.3, -0.25) is 9.69 Å². The Morgan fingerprint density at radius 3 is 2.59 bits per heavy atom. The fourth-order valence-electron chi connectivity index (χ4n) is 5.15. The van der Waals surface area contributed by atoms with E-state index in [1.54, 1.807) is 14.2 Å². The van der Waals surface area contributed by atoms with Crippen LogP contribution in [-0.4, -0.2) is 72.8 Å². The van der Waals surface area contributed by atoms with Crippen molar-refractivity contribution in [3.63, 3.8) is 0 Å². The highest BCUT2D eigenvalue weighted by molar-refractivity contribution is 5.77. The monoisotopic (exact) mass is 403 g/mol. The first-order valence-electron chi connectivity index (χ1n) is 10.3. The number of hydrogen-bond donors (Lipinski definition) is 2. The zero-order valence-corrected chi connectivity index (χ0v) is 17.0. The molecule has 3 atom stereocenters. The van der Waals surface area contributed by atoms with Crippen LogP contribution in [0.2, 0.25) is 0 Å². The highest BCUT2D eigenvalue weighted by atomic mass is 16.5. The van der Waals surface area contributed by atoms with Crippen molar-refractivity contribution in [2.45, 2.75) is 50.2 Å². The first-order valence-corrected chi connectivity index (χ1v) is 10.3. The molecule has 0 radical (unpaired) electrons. The van der Waals surface area contributed by atoms with Gasteiger partial charge < -0.3 is 24.8 Å². The second-order valence-electron chi connectivity index (χ2n) is 8.07. The Morgan fingerprint density at radius 2 is 1.90 bits per heavy atom. The molecule has 0 aromatic heterocycles. The third-order valence-corrected chi connectivity index (χ3v) is 6.55. The molecule has 2 amide bonds. The van der Waals surface area contributed by atoms with E-state index in [9.17, 15) is 14.7 Å². The number of rotatable bonds is 4. The van der Waals surface area contributed by atoms with Crippen LogP contribution in [0.3, 0.4) is 0 Å². The number of benzene rings is 1. The molecule has 2 fully saturated rings. The number of carbonyl (C=O) groups excluding carboxylic acids is 1. The third-order valence-electron chi connectivity index (χ3n) is 6.55. The second-order valence-corrected chi connectivity index (χ2v) is 8.07. The van der Waals surface area contributed by atoms with E-state index in [1.165, 1.54) is 5.56 Å². The smallest absolute Gasteiger partial charge is 0.404 e. The summed E-state index contributed by atoms with van der Waals surface area (Å²) >= 11 is 0. The SMILES string of the molecule is COc1cc2c(cc1OC)C1CC(NC(=O)O)C(N3CCCCC3=O)CN1CC2. The van der Waals surface area contributed by atoms with Crippen molar-refractivity contribution in [3.8, 4) is 11.5 Å². The number of carboxylic acid groups (broad SMARTS) is 1. The second kappa shape index (κ2) is 8.10. The summed E-state index contributed by atoms with van der Waals surface area (Å²) in [5.74, 6) is 1.54. The highest BCUT2D eigenvalue weighted by Crippen LogP contribution is 2.42. The molecular formula is C21H29N3O5. The van der Waals surface area contributed by atoms with Gasteiger partial charge in [0.05, 0.1) is 26.3 Å². The van der Waals surface area contributed by atoms with Gasteiger partial charge in [0.1, 0.15) is 0 Å². The molecule has 1 aromatic carbocycles. The zero-order chi connectivity index (χ0) is 20.5. The number of hydrogen-bond acceptors (Lipinski definition) is 5. The predicted molar refractivity (Wildman–Crippen MR) is 106 cm³/mol. The Morgan fingerprint density at radius 1 is 1.14 bits per heavy atom. The lowest BCUT2D eigenvalue weighted by Crippen LogP contribution is -2.63. The topological polar surface area (TPSA) is 91.3 Å². The van der Waals surface area contributed by atoms with Crippen LogP contribution in [0.15, 0.2) is 12.1 Å². The van der Waals surface area contributed by atoms with Gasteiger partial charge in [0.2, 0.25) is 5.91 Å². The van der Waals surface area contributed by atoms with Gasteiger partial charge in [-0.25, -0.2) is 4.79 Å². The molecule has 29 heavy (non-hydrogen) atoms. The molecule has 2 N–H and O–H groups in total. The summed E-state index contributed by atoms with van der Waals surface area (Å²) in [4.78, 5) is 28.3.